The van der Waals surface area contributed by atoms with E-state index >= 15 is 0 Å². The van der Waals surface area contributed by atoms with Crippen LogP contribution in [0.5, 0.6) is 0 Å². The second kappa shape index (κ2) is 134. The van der Waals surface area contributed by atoms with Gasteiger partial charge in [0.15, 0.2) is 0 Å². The average Bonchev–Trinajstić information content (AvgIpc) is 0.811. The fraction of sp³-hybridized carbons (Fsp3) is 0. The van der Waals surface area contributed by atoms with Crippen LogP contribution in [-0.2, 0) is 0 Å². The van der Waals surface area contributed by atoms with E-state index in [1.807, 2.05) is 0 Å². The number of hydrogen-bond donors (Lipinski definition) is 0. The van der Waals surface area contributed by atoms with Crippen molar-refractivity contribution in [3.8, 4) is 0 Å². The van der Waals surface area contributed by atoms with E-state index in [1.165, 1.54) is 0 Å². The van der Waals surface area contributed by atoms with E-state index in [1.54, 1.807) is 0 Å². The van der Waals surface area contributed by atoms with E-state index in [-0.39, 0.29) is 92.7 Å². The average molecular weight is 341 g/mol. The van der Waals surface area contributed by atoms with Crippen LogP contribution in [0, 0.1) is 0 Å². The van der Waals surface area contributed by atoms with Crippen LogP contribution in [-0.4, -0.2) is 98.8 Å². The van der Waals surface area contributed by atoms with Gasteiger partial charge in [0.2, 0.25) is 0 Å². The van der Waals surface area contributed by atoms with Gasteiger partial charge in [-0.3, -0.25) is 0 Å². The summed E-state index contributed by atoms with van der Waals surface area (Å²) < 4.78 is 0. The van der Waals surface area contributed by atoms with Gasteiger partial charge in [-0.05, 0) is 6.16 Å². The summed E-state index contributed by atoms with van der Waals surface area (Å²) in [6, 6.07) is 0. The standard InChI is InChI=1S/CH2O3.Ba.8H2O/c2-1(3)4;;;;;;;;;/h(H2,2,3,4);;8*1H2/q;+2;;;;;;;;/p-2. The predicted octanol–water partition coefficient (Wildman–Crippen LogP) is -9.43. The van der Waals surface area contributed by atoms with Crippen molar-refractivity contribution >= 4 is 55.0 Å². The van der Waals surface area contributed by atoms with E-state index < -0.39 is 6.16 Å². The zero-order valence-electron chi connectivity index (χ0n) is 6.43. The molecule has 88 valence electrons. The fourth-order valence-electron chi connectivity index (χ4n) is 0. The summed E-state index contributed by atoms with van der Waals surface area (Å²) in [4.78, 5) is 8.33. The van der Waals surface area contributed by atoms with Crippen LogP contribution in [0.25, 0.3) is 0 Å². The Morgan fingerprint density at radius 3 is 0.615 bits per heavy atom. The molecule has 0 heterocycles. The van der Waals surface area contributed by atoms with Crippen LogP contribution in [0.4, 0.5) is 4.79 Å². The molecule has 0 atom stereocenters. The van der Waals surface area contributed by atoms with Crippen molar-refractivity contribution in [1.29, 1.82) is 0 Å². The summed E-state index contributed by atoms with van der Waals surface area (Å²) in [5.74, 6) is 0. The summed E-state index contributed by atoms with van der Waals surface area (Å²) in [7, 11) is 0. The van der Waals surface area contributed by atoms with E-state index in [0.29, 0.717) is 0 Å². The van der Waals surface area contributed by atoms with Crippen LogP contribution in [0.1, 0.15) is 0 Å². The first kappa shape index (κ1) is 171. The molecule has 0 radical (unpaired) electrons. The summed E-state index contributed by atoms with van der Waals surface area (Å²) in [6.45, 7) is 0. The van der Waals surface area contributed by atoms with Gasteiger partial charge in [0.1, 0.15) is 0 Å². The molecule has 12 heteroatoms. The van der Waals surface area contributed by atoms with Gasteiger partial charge in [0.25, 0.3) is 0 Å². The Morgan fingerprint density at radius 2 is 0.615 bits per heavy atom. The Morgan fingerprint density at radius 1 is 0.615 bits per heavy atom. The van der Waals surface area contributed by atoms with E-state index in [4.69, 9.17) is 15.0 Å². The molecule has 0 spiro atoms. The second-order valence-electron chi connectivity index (χ2n) is 0.250. The molecule has 0 aromatic carbocycles. The zero-order chi connectivity index (χ0) is 3.58. The van der Waals surface area contributed by atoms with Crippen LogP contribution in [0.15, 0.2) is 0 Å². The molecule has 13 heavy (non-hydrogen) atoms. The Hall–Kier alpha value is 0.521. The second-order valence-corrected chi connectivity index (χ2v) is 0.250. The van der Waals surface area contributed by atoms with Crippen LogP contribution < -0.4 is 10.2 Å². The molecule has 0 unspecified atom stereocenters. The number of hydrogen-bond acceptors (Lipinski definition) is 3. The molecular weight excluding hydrogens is 325 g/mol. The maximum absolute atomic E-state index is 8.33. The maximum atomic E-state index is 8.33. The molecule has 11 nitrogen and oxygen atoms in total. The van der Waals surface area contributed by atoms with Gasteiger partial charge < -0.3 is 58.8 Å². The Balaban J connectivity index is -0.00000000125. The van der Waals surface area contributed by atoms with Crippen molar-refractivity contribution in [1.82, 2.24) is 0 Å². The summed E-state index contributed by atoms with van der Waals surface area (Å²) in [5.41, 5.74) is 0. The first-order valence-corrected chi connectivity index (χ1v) is 0.612. The fourth-order valence-corrected chi connectivity index (χ4v) is 0. The monoisotopic (exact) mass is 342 g/mol. The first-order chi connectivity index (χ1) is 1.73. The van der Waals surface area contributed by atoms with Gasteiger partial charge in [-0.1, -0.05) is 0 Å². The van der Waals surface area contributed by atoms with Gasteiger partial charge in [0.05, 0.1) is 0 Å². The molecule has 0 aromatic heterocycles. The molecule has 0 saturated carbocycles. The van der Waals surface area contributed by atoms with Crippen molar-refractivity contribution < 1.29 is 58.8 Å². The molecule has 0 aliphatic heterocycles. The zero-order valence-corrected chi connectivity index (χ0v) is 10.9. The SMILES string of the molecule is O.O.O.O.O.O.O.O.O=C([O-])[O-].[Ba+2]. The van der Waals surface area contributed by atoms with Gasteiger partial charge >= 0.3 is 48.9 Å². The molecule has 0 amide bonds. The number of carbonyl (C=O) groups excluding carboxylic acids is 1. The minimum atomic E-state index is -2.33. The molecule has 16 N–H and O–H groups in total. The molecule has 0 aliphatic carbocycles. The summed E-state index contributed by atoms with van der Waals surface area (Å²) in [5, 5.41) is 16.7. The number of rotatable bonds is 0. The molecule has 0 rings (SSSR count). The van der Waals surface area contributed by atoms with Gasteiger partial charge in [-0.15, -0.1) is 0 Å². The normalized spacial score (nSPS) is 1.85. The van der Waals surface area contributed by atoms with Crippen LogP contribution >= 0.6 is 0 Å². The maximum Gasteiger partial charge on any atom is 2.00 e. The quantitative estimate of drug-likeness (QED) is 0.387. The molecule has 0 aromatic rings. The van der Waals surface area contributed by atoms with Crippen molar-refractivity contribution in [2.75, 3.05) is 0 Å². The van der Waals surface area contributed by atoms with Crippen molar-refractivity contribution in [2.24, 2.45) is 0 Å². The van der Waals surface area contributed by atoms with Crippen molar-refractivity contribution in [2.45, 2.75) is 0 Å². The Bertz CT molecular complexity index is 33.1. The minimum absolute atomic E-state index is 0. The molecular formula is CH16BaO11. The molecule has 0 fully saturated rings. The summed E-state index contributed by atoms with van der Waals surface area (Å²) in [6.07, 6.45) is -2.33. The topological polar surface area (TPSA) is 315 Å². The molecule has 0 bridgehead atoms. The summed E-state index contributed by atoms with van der Waals surface area (Å²) >= 11 is 0. The third kappa shape index (κ3) is 5100. The molecule has 0 aliphatic rings. The third-order valence-electron chi connectivity index (χ3n) is 0. The van der Waals surface area contributed by atoms with E-state index in [2.05, 4.69) is 0 Å². The van der Waals surface area contributed by atoms with Crippen molar-refractivity contribution in [3.63, 3.8) is 0 Å². The number of carboxylic acid groups (broad SMARTS) is 2. The van der Waals surface area contributed by atoms with E-state index in [9.17, 15) is 0 Å². The third-order valence-corrected chi connectivity index (χ3v) is 0. The Kier molecular flexibility index (Phi) is 1760. The Labute approximate surface area is 113 Å². The van der Waals surface area contributed by atoms with Crippen LogP contribution in [0.3, 0.4) is 0 Å². The van der Waals surface area contributed by atoms with Gasteiger partial charge in [-0.2, -0.15) is 0 Å². The number of carbonyl (C=O) groups is 1. The minimum Gasteiger partial charge on any atom is -0.652 e. The largest absolute Gasteiger partial charge is 2.00 e. The van der Waals surface area contributed by atoms with Gasteiger partial charge in [-0.25, -0.2) is 0 Å². The van der Waals surface area contributed by atoms with E-state index in [0.717, 1.165) is 0 Å². The van der Waals surface area contributed by atoms with Crippen LogP contribution in [0.2, 0.25) is 0 Å². The molecule has 0 saturated heterocycles. The van der Waals surface area contributed by atoms with Gasteiger partial charge in [0, 0.05) is 0 Å². The van der Waals surface area contributed by atoms with Crippen molar-refractivity contribution in [3.05, 3.63) is 0 Å². The first-order valence-electron chi connectivity index (χ1n) is 0.612. The predicted molar refractivity (Wildman–Crippen MR) is 40.1 cm³/mol. The smallest absolute Gasteiger partial charge is 0.652 e.